The van der Waals surface area contributed by atoms with Gasteiger partial charge in [-0.3, -0.25) is 4.79 Å². The summed E-state index contributed by atoms with van der Waals surface area (Å²) in [5.74, 6) is -0.361. The standard InChI is InChI=1S/C18H23FN2O2/c19-14-4-5-15-13(12-21-16(15)10-14)6-9-20-17(22)11-18(23)7-2-1-3-8-18/h4-5,10,12,21,23H,1-3,6-9,11H2,(H,20,22). The first kappa shape index (κ1) is 16.0. The Morgan fingerprint density at radius 3 is 2.87 bits per heavy atom. The Labute approximate surface area is 135 Å². The zero-order valence-electron chi connectivity index (χ0n) is 13.2. The van der Waals surface area contributed by atoms with E-state index < -0.39 is 5.60 Å². The van der Waals surface area contributed by atoms with Crippen LogP contribution >= 0.6 is 0 Å². The number of halogens is 1. The molecule has 1 heterocycles. The van der Waals surface area contributed by atoms with Crippen molar-refractivity contribution in [3.63, 3.8) is 0 Å². The van der Waals surface area contributed by atoms with Crippen molar-refractivity contribution in [3.8, 4) is 0 Å². The maximum Gasteiger partial charge on any atom is 0.222 e. The Kier molecular flexibility index (Phi) is 4.66. The van der Waals surface area contributed by atoms with Gasteiger partial charge in [-0.1, -0.05) is 19.3 Å². The molecule has 1 amide bonds. The van der Waals surface area contributed by atoms with E-state index in [1.165, 1.54) is 12.1 Å². The predicted octanol–water partition coefficient (Wildman–Crippen LogP) is 3.05. The summed E-state index contributed by atoms with van der Waals surface area (Å²) >= 11 is 0. The smallest absolute Gasteiger partial charge is 0.222 e. The molecule has 1 aromatic carbocycles. The maximum atomic E-state index is 13.2. The summed E-state index contributed by atoms with van der Waals surface area (Å²) in [5, 5.41) is 14.3. The zero-order valence-corrected chi connectivity index (χ0v) is 13.2. The molecule has 0 radical (unpaired) electrons. The summed E-state index contributed by atoms with van der Waals surface area (Å²) in [7, 11) is 0. The largest absolute Gasteiger partial charge is 0.389 e. The van der Waals surface area contributed by atoms with E-state index in [9.17, 15) is 14.3 Å². The minimum atomic E-state index is -0.819. The van der Waals surface area contributed by atoms with E-state index in [-0.39, 0.29) is 18.1 Å². The highest BCUT2D eigenvalue weighted by Gasteiger charge is 2.31. The van der Waals surface area contributed by atoms with Crippen LogP contribution in [-0.4, -0.2) is 28.1 Å². The maximum absolute atomic E-state index is 13.2. The fourth-order valence-electron chi connectivity index (χ4n) is 3.45. The van der Waals surface area contributed by atoms with Gasteiger partial charge in [0.2, 0.25) is 5.91 Å². The van der Waals surface area contributed by atoms with Crippen molar-refractivity contribution in [3.05, 3.63) is 35.8 Å². The average molecular weight is 318 g/mol. The Bertz CT molecular complexity index is 689. The summed E-state index contributed by atoms with van der Waals surface area (Å²) in [6, 6.07) is 4.66. The third-order valence-electron chi connectivity index (χ3n) is 4.72. The molecule has 1 saturated carbocycles. The topological polar surface area (TPSA) is 65.1 Å². The van der Waals surface area contributed by atoms with Gasteiger partial charge in [-0.15, -0.1) is 0 Å². The van der Waals surface area contributed by atoms with E-state index in [1.807, 2.05) is 6.20 Å². The fourth-order valence-corrected chi connectivity index (χ4v) is 3.45. The number of rotatable bonds is 5. The number of aliphatic hydroxyl groups is 1. The highest BCUT2D eigenvalue weighted by Crippen LogP contribution is 2.30. The third-order valence-corrected chi connectivity index (χ3v) is 4.72. The van der Waals surface area contributed by atoms with Crippen LogP contribution in [0, 0.1) is 5.82 Å². The van der Waals surface area contributed by atoms with Gasteiger partial charge in [0, 0.05) is 23.6 Å². The lowest BCUT2D eigenvalue weighted by atomic mass is 9.82. The number of H-pyrrole nitrogens is 1. The van der Waals surface area contributed by atoms with Gasteiger partial charge >= 0.3 is 0 Å². The number of carbonyl (C=O) groups excluding carboxylic acids is 1. The second-order valence-electron chi connectivity index (χ2n) is 6.57. The number of nitrogens with one attached hydrogen (secondary N) is 2. The van der Waals surface area contributed by atoms with Crippen molar-refractivity contribution in [2.75, 3.05) is 6.54 Å². The number of amides is 1. The van der Waals surface area contributed by atoms with Gasteiger partial charge in [0.1, 0.15) is 5.82 Å². The minimum absolute atomic E-state index is 0.0970. The molecule has 0 saturated heterocycles. The molecule has 0 unspecified atom stereocenters. The van der Waals surface area contributed by atoms with Crippen molar-refractivity contribution in [2.45, 2.75) is 50.5 Å². The SMILES string of the molecule is O=C(CC1(O)CCCCC1)NCCc1c[nH]c2cc(F)ccc12. The van der Waals surface area contributed by atoms with Crippen LogP contribution in [-0.2, 0) is 11.2 Å². The first-order chi connectivity index (χ1) is 11.1. The Morgan fingerprint density at radius 1 is 1.30 bits per heavy atom. The molecule has 5 heteroatoms. The van der Waals surface area contributed by atoms with Crippen molar-refractivity contribution < 1.29 is 14.3 Å². The van der Waals surface area contributed by atoms with E-state index >= 15 is 0 Å². The molecule has 0 aliphatic heterocycles. The van der Waals surface area contributed by atoms with Crippen LogP contribution in [0.4, 0.5) is 4.39 Å². The second-order valence-corrected chi connectivity index (χ2v) is 6.57. The van der Waals surface area contributed by atoms with Gasteiger partial charge in [0.15, 0.2) is 0 Å². The predicted molar refractivity (Wildman–Crippen MR) is 87.6 cm³/mol. The average Bonchev–Trinajstić information content (AvgIpc) is 2.89. The van der Waals surface area contributed by atoms with E-state index in [2.05, 4.69) is 10.3 Å². The summed E-state index contributed by atoms with van der Waals surface area (Å²) in [4.78, 5) is 15.1. The molecule has 0 spiro atoms. The van der Waals surface area contributed by atoms with Crippen LogP contribution in [0.1, 0.15) is 44.1 Å². The lowest BCUT2D eigenvalue weighted by Crippen LogP contribution is -2.38. The van der Waals surface area contributed by atoms with Crippen LogP contribution in [0.15, 0.2) is 24.4 Å². The Balaban J connectivity index is 1.51. The van der Waals surface area contributed by atoms with Gasteiger partial charge in [0.05, 0.1) is 12.0 Å². The first-order valence-electron chi connectivity index (χ1n) is 8.30. The quantitative estimate of drug-likeness (QED) is 0.793. The number of aromatic amines is 1. The number of hydrogen-bond acceptors (Lipinski definition) is 2. The molecular formula is C18H23FN2O2. The highest BCUT2D eigenvalue weighted by molar-refractivity contribution is 5.83. The molecule has 2 aromatic rings. The second kappa shape index (κ2) is 6.71. The molecule has 0 atom stereocenters. The van der Waals surface area contributed by atoms with Crippen molar-refractivity contribution >= 4 is 16.8 Å². The van der Waals surface area contributed by atoms with Crippen LogP contribution in [0.25, 0.3) is 10.9 Å². The molecule has 1 fully saturated rings. The summed E-state index contributed by atoms with van der Waals surface area (Å²) in [6.45, 7) is 0.513. The lowest BCUT2D eigenvalue weighted by molar-refractivity contribution is -0.127. The van der Waals surface area contributed by atoms with Crippen LogP contribution in [0.3, 0.4) is 0 Å². The van der Waals surface area contributed by atoms with Crippen LogP contribution in [0.2, 0.25) is 0 Å². The van der Waals surface area contributed by atoms with Crippen LogP contribution < -0.4 is 5.32 Å². The molecule has 1 aliphatic carbocycles. The normalized spacial score (nSPS) is 17.3. The fraction of sp³-hybridized carbons (Fsp3) is 0.500. The molecule has 1 aliphatic rings. The molecule has 124 valence electrons. The number of aromatic nitrogens is 1. The van der Waals surface area contributed by atoms with E-state index in [0.717, 1.165) is 35.7 Å². The molecule has 3 rings (SSSR count). The van der Waals surface area contributed by atoms with Crippen molar-refractivity contribution in [2.24, 2.45) is 0 Å². The molecule has 1 aromatic heterocycles. The van der Waals surface area contributed by atoms with Crippen LogP contribution in [0.5, 0.6) is 0 Å². The van der Waals surface area contributed by atoms with E-state index in [1.54, 1.807) is 6.07 Å². The number of hydrogen-bond donors (Lipinski definition) is 3. The van der Waals surface area contributed by atoms with Crippen molar-refractivity contribution in [1.29, 1.82) is 0 Å². The van der Waals surface area contributed by atoms with E-state index in [4.69, 9.17) is 0 Å². The first-order valence-corrected chi connectivity index (χ1v) is 8.30. The number of fused-ring (bicyclic) bond motifs is 1. The van der Waals surface area contributed by atoms with Gasteiger partial charge in [-0.25, -0.2) is 4.39 Å². The van der Waals surface area contributed by atoms with E-state index in [0.29, 0.717) is 25.8 Å². The minimum Gasteiger partial charge on any atom is -0.389 e. The van der Waals surface area contributed by atoms with Crippen molar-refractivity contribution in [1.82, 2.24) is 10.3 Å². The molecule has 3 N–H and O–H groups in total. The lowest BCUT2D eigenvalue weighted by Gasteiger charge is -2.31. The summed E-state index contributed by atoms with van der Waals surface area (Å²) < 4.78 is 13.2. The highest BCUT2D eigenvalue weighted by atomic mass is 19.1. The Hall–Kier alpha value is -1.88. The third kappa shape index (κ3) is 3.91. The number of carbonyl (C=O) groups is 1. The summed E-state index contributed by atoms with van der Waals surface area (Å²) in [6.07, 6.45) is 7.28. The molecule has 0 bridgehead atoms. The van der Waals surface area contributed by atoms with Gasteiger partial charge < -0.3 is 15.4 Å². The van der Waals surface area contributed by atoms with Gasteiger partial charge in [-0.2, -0.15) is 0 Å². The van der Waals surface area contributed by atoms with Gasteiger partial charge in [-0.05, 0) is 43.0 Å². The summed E-state index contributed by atoms with van der Waals surface area (Å²) in [5.41, 5.74) is 1.00. The molecular weight excluding hydrogens is 295 g/mol. The molecule has 23 heavy (non-hydrogen) atoms. The number of benzene rings is 1. The zero-order chi connectivity index (χ0) is 16.3. The monoisotopic (exact) mass is 318 g/mol. The molecule has 4 nitrogen and oxygen atoms in total. The Morgan fingerprint density at radius 2 is 2.09 bits per heavy atom. The van der Waals surface area contributed by atoms with Gasteiger partial charge in [0.25, 0.3) is 0 Å².